The smallest absolute Gasteiger partial charge is 0.387 e. The van der Waals surface area contributed by atoms with Crippen LogP contribution in [0.1, 0.15) is 9.67 Å². The van der Waals surface area contributed by atoms with Crippen LogP contribution in [0.2, 0.25) is 5.02 Å². The van der Waals surface area contributed by atoms with Crippen molar-refractivity contribution in [1.82, 2.24) is 14.9 Å². The van der Waals surface area contributed by atoms with Crippen LogP contribution in [0.3, 0.4) is 0 Å². The summed E-state index contributed by atoms with van der Waals surface area (Å²) in [5, 5.41) is 7.78. The van der Waals surface area contributed by atoms with Gasteiger partial charge in [0.1, 0.15) is 9.90 Å². The number of alkyl halides is 2. The number of anilines is 5. The molecule has 5 rings (SSSR count). The number of piperazine rings is 1. The van der Waals surface area contributed by atoms with Gasteiger partial charge in [-0.2, -0.15) is 13.8 Å². The molecule has 1 atom stereocenters. The van der Waals surface area contributed by atoms with Crippen molar-refractivity contribution in [1.29, 1.82) is 0 Å². The van der Waals surface area contributed by atoms with Gasteiger partial charge in [0.2, 0.25) is 5.95 Å². The van der Waals surface area contributed by atoms with Crippen LogP contribution in [0.15, 0.2) is 35.8 Å². The number of hydrogen-bond donors (Lipinski definition) is 3. The van der Waals surface area contributed by atoms with Crippen LogP contribution in [0.25, 0.3) is 0 Å². The molecule has 0 aliphatic carbocycles. The fourth-order valence-corrected chi connectivity index (χ4v) is 5.19. The molecule has 0 radical (unpaired) electrons. The number of morpholine rings is 1. The Bertz CT molecular complexity index is 1280. The van der Waals surface area contributed by atoms with E-state index >= 15 is 0 Å². The molecular weight excluding hydrogens is 528 g/mol. The average Bonchev–Trinajstić information content (AvgIpc) is 3.35. The number of nitrogens with two attached hydrogens (primary N) is 1. The van der Waals surface area contributed by atoms with Gasteiger partial charge in [-0.3, -0.25) is 9.69 Å². The Kier molecular flexibility index (Phi) is 7.55. The summed E-state index contributed by atoms with van der Waals surface area (Å²) in [7, 11) is 0. The topological polar surface area (TPSA) is 118 Å². The number of ether oxygens (including phenoxy) is 2. The number of amides is 1. The van der Waals surface area contributed by atoms with Crippen LogP contribution in [0, 0.1) is 0 Å². The Morgan fingerprint density at radius 1 is 1.24 bits per heavy atom. The first-order chi connectivity index (χ1) is 17.9. The van der Waals surface area contributed by atoms with E-state index in [1.165, 1.54) is 17.5 Å². The first kappa shape index (κ1) is 25.4. The van der Waals surface area contributed by atoms with Gasteiger partial charge in [0.15, 0.2) is 11.6 Å². The van der Waals surface area contributed by atoms with Crippen molar-refractivity contribution in [2.75, 3.05) is 54.9 Å². The number of carbonyl (C=O) groups is 1. The fourth-order valence-electron chi connectivity index (χ4n) is 4.35. The third kappa shape index (κ3) is 5.85. The second-order valence-corrected chi connectivity index (χ2v) is 9.76. The van der Waals surface area contributed by atoms with E-state index in [0.29, 0.717) is 17.2 Å². The Labute approximate surface area is 220 Å². The molecule has 4 N–H and O–H groups in total. The molecule has 2 fully saturated rings. The highest BCUT2D eigenvalue weighted by molar-refractivity contribution is 7.12. The van der Waals surface area contributed by atoms with Crippen LogP contribution < -0.4 is 26.0 Å². The molecule has 0 bridgehead atoms. The van der Waals surface area contributed by atoms with Crippen LogP contribution in [0.5, 0.6) is 5.75 Å². The summed E-state index contributed by atoms with van der Waals surface area (Å²) in [6.45, 7) is 1.62. The van der Waals surface area contributed by atoms with Gasteiger partial charge >= 0.3 is 6.61 Å². The minimum atomic E-state index is -3.02. The number of nitrogens with zero attached hydrogens (tertiary/aromatic N) is 4. The van der Waals surface area contributed by atoms with Gasteiger partial charge in [0.05, 0.1) is 36.8 Å². The molecule has 0 spiro atoms. The number of primary amides is 1. The van der Waals surface area contributed by atoms with Crippen molar-refractivity contribution < 1.29 is 23.0 Å². The van der Waals surface area contributed by atoms with Crippen LogP contribution >= 0.6 is 22.9 Å². The van der Waals surface area contributed by atoms with E-state index in [-0.39, 0.29) is 34.3 Å². The second-order valence-electron chi connectivity index (χ2n) is 8.44. The molecule has 0 saturated carbocycles. The number of halogens is 3. The highest BCUT2D eigenvalue weighted by Gasteiger charge is 2.30. The molecular formula is C23H24ClF2N7O3S. The monoisotopic (exact) mass is 551 g/mol. The molecule has 196 valence electrons. The van der Waals surface area contributed by atoms with Crippen LogP contribution in [-0.2, 0) is 4.74 Å². The van der Waals surface area contributed by atoms with E-state index in [2.05, 4.69) is 30.4 Å². The first-order valence-electron chi connectivity index (χ1n) is 11.5. The lowest BCUT2D eigenvalue weighted by atomic mass is 10.1. The Morgan fingerprint density at radius 2 is 2.11 bits per heavy atom. The highest BCUT2D eigenvalue weighted by atomic mass is 35.5. The van der Waals surface area contributed by atoms with Gasteiger partial charge in [0.25, 0.3) is 5.91 Å². The molecule has 3 aromatic rings. The predicted octanol–water partition coefficient (Wildman–Crippen LogP) is 3.90. The number of aromatic nitrogens is 2. The van der Waals surface area contributed by atoms with E-state index < -0.39 is 12.5 Å². The minimum Gasteiger partial charge on any atom is -0.433 e. The van der Waals surface area contributed by atoms with E-state index in [0.717, 1.165) is 38.5 Å². The zero-order valence-corrected chi connectivity index (χ0v) is 21.1. The maximum absolute atomic E-state index is 13.3. The summed E-state index contributed by atoms with van der Waals surface area (Å²) in [4.78, 5) is 24.9. The molecule has 2 aliphatic heterocycles. The summed E-state index contributed by atoms with van der Waals surface area (Å²) in [6, 6.07) is 6.98. The number of thiophene rings is 1. The lowest BCUT2D eigenvalue weighted by Gasteiger charge is -2.44. The zero-order chi connectivity index (χ0) is 25.9. The lowest BCUT2D eigenvalue weighted by molar-refractivity contribution is -0.0493. The molecule has 10 nitrogen and oxygen atoms in total. The summed E-state index contributed by atoms with van der Waals surface area (Å²) >= 11 is 7.41. The fraction of sp³-hybridized carbons (Fsp3) is 0.348. The largest absolute Gasteiger partial charge is 0.433 e. The number of nitrogens with one attached hydrogen (secondary N) is 2. The Hall–Kier alpha value is -3.26. The summed E-state index contributed by atoms with van der Waals surface area (Å²) in [5.41, 5.74) is 6.87. The SMILES string of the molecule is NC(=O)c1sccc1Nc1nc(Nc2ccc(N3CCN4CCOCC4C3)cc2OC(F)F)ncc1Cl. The van der Waals surface area contributed by atoms with Crippen molar-refractivity contribution >= 4 is 57.7 Å². The van der Waals surface area contributed by atoms with Gasteiger partial charge in [0, 0.05) is 37.9 Å². The van der Waals surface area contributed by atoms with Crippen molar-refractivity contribution in [3.05, 3.63) is 45.7 Å². The van der Waals surface area contributed by atoms with Gasteiger partial charge in [-0.15, -0.1) is 11.3 Å². The summed E-state index contributed by atoms with van der Waals surface area (Å²) in [5.74, 6) is -0.341. The predicted molar refractivity (Wildman–Crippen MR) is 138 cm³/mol. The van der Waals surface area contributed by atoms with Crippen molar-refractivity contribution in [3.63, 3.8) is 0 Å². The van der Waals surface area contributed by atoms with E-state index in [1.54, 1.807) is 23.6 Å². The second kappa shape index (κ2) is 11.0. The third-order valence-electron chi connectivity index (χ3n) is 6.12. The molecule has 14 heteroatoms. The number of fused-ring (bicyclic) bond motifs is 1. The summed E-state index contributed by atoms with van der Waals surface area (Å²) in [6.07, 6.45) is 1.35. The Balaban J connectivity index is 1.37. The zero-order valence-electron chi connectivity index (χ0n) is 19.5. The number of benzene rings is 1. The lowest BCUT2D eigenvalue weighted by Crippen LogP contribution is -2.58. The maximum Gasteiger partial charge on any atom is 0.387 e. The number of hydrogen-bond acceptors (Lipinski definition) is 10. The molecule has 1 aromatic carbocycles. The van der Waals surface area contributed by atoms with Gasteiger partial charge in [-0.05, 0) is 23.6 Å². The van der Waals surface area contributed by atoms with E-state index in [1.807, 2.05) is 6.07 Å². The molecule has 2 saturated heterocycles. The van der Waals surface area contributed by atoms with E-state index in [9.17, 15) is 13.6 Å². The van der Waals surface area contributed by atoms with Crippen LogP contribution in [-0.4, -0.2) is 72.8 Å². The number of carbonyl (C=O) groups excluding carboxylic acids is 1. The van der Waals surface area contributed by atoms with Gasteiger partial charge < -0.3 is 30.7 Å². The third-order valence-corrected chi connectivity index (χ3v) is 7.32. The normalized spacial score (nSPS) is 17.9. The molecule has 1 amide bonds. The van der Waals surface area contributed by atoms with Crippen molar-refractivity contribution in [2.24, 2.45) is 5.73 Å². The molecule has 4 heterocycles. The highest BCUT2D eigenvalue weighted by Crippen LogP contribution is 2.35. The van der Waals surface area contributed by atoms with Crippen LogP contribution in [0.4, 0.5) is 37.6 Å². The maximum atomic E-state index is 13.3. The van der Waals surface area contributed by atoms with E-state index in [4.69, 9.17) is 26.8 Å². The summed E-state index contributed by atoms with van der Waals surface area (Å²) < 4.78 is 37.0. The van der Waals surface area contributed by atoms with Gasteiger partial charge in [-0.25, -0.2) is 4.98 Å². The first-order valence-corrected chi connectivity index (χ1v) is 12.7. The average molecular weight is 552 g/mol. The number of rotatable bonds is 8. The minimum absolute atomic E-state index is 0.0447. The standard InChI is InChI=1S/C23H24ClF2N7O3S/c24-15-10-28-23(31-21(15)29-17-3-8-37-19(17)20(27)34)30-16-2-1-13(9-18(16)36-22(25)26)33-5-4-32-6-7-35-12-14(32)11-33/h1-3,8-10,14,22H,4-7,11-12H2,(H2,27,34)(H2,28,29,30,31). The molecule has 2 aliphatic rings. The van der Waals surface area contributed by atoms with Crippen molar-refractivity contribution in [2.45, 2.75) is 12.7 Å². The Morgan fingerprint density at radius 3 is 2.92 bits per heavy atom. The molecule has 2 aromatic heterocycles. The molecule has 37 heavy (non-hydrogen) atoms. The van der Waals surface area contributed by atoms with Crippen molar-refractivity contribution in [3.8, 4) is 5.75 Å². The molecule has 1 unspecified atom stereocenters. The van der Waals surface area contributed by atoms with Gasteiger partial charge in [-0.1, -0.05) is 11.6 Å². The quantitative estimate of drug-likeness (QED) is 0.383.